The van der Waals surface area contributed by atoms with Crippen LogP contribution in [0.25, 0.3) is 0 Å². The minimum absolute atomic E-state index is 0.936. The molecule has 0 aromatic carbocycles. The van der Waals surface area contributed by atoms with Crippen molar-refractivity contribution in [3.05, 3.63) is 0 Å². The largest absolute Gasteiger partial charge is 0.159 e. The van der Waals surface area contributed by atoms with E-state index >= 15 is 0 Å². The first-order valence-electron chi connectivity index (χ1n) is 3.40. The van der Waals surface area contributed by atoms with Crippen LogP contribution in [0.1, 0.15) is 26.7 Å². The maximum absolute atomic E-state index is 2.35. The van der Waals surface area contributed by atoms with E-state index < -0.39 is 0 Å². The van der Waals surface area contributed by atoms with Gasteiger partial charge in [0.25, 0.3) is 0 Å². The fraction of sp³-hybridized carbons (Fsp3) is 1.00. The van der Waals surface area contributed by atoms with Crippen LogP contribution in [0.4, 0.5) is 0 Å². The normalized spacial score (nSPS) is 39.8. The van der Waals surface area contributed by atoms with Crippen LogP contribution in [-0.2, 0) is 0 Å². The molecular weight excluding hydrogens is 116 g/mol. The molecule has 0 aliphatic carbocycles. The summed E-state index contributed by atoms with van der Waals surface area (Å²) in [5, 5.41) is 0.936. The van der Waals surface area contributed by atoms with Crippen LogP contribution in [0, 0.1) is 5.92 Å². The average Bonchev–Trinajstić information content (AvgIpc) is 1.77. The first-order chi connectivity index (χ1) is 3.79. The van der Waals surface area contributed by atoms with Crippen molar-refractivity contribution in [1.29, 1.82) is 0 Å². The third kappa shape index (κ3) is 1.70. The third-order valence-electron chi connectivity index (χ3n) is 1.73. The Balaban J connectivity index is 2.19. The van der Waals surface area contributed by atoms with Crippen molar-refractivity contribution in [1.82, 2.24) is 0 Å². The van der Waals surface area contributed by atoms with Gasteiger partial charge in [-0.05, 0) is 24.5 Å². The van der Waals surface area contributed by atoms with Gasteiger partial charge in [-0.25, -0.2) is 0 Å². The van der Waals surface area contributed by atoms with Crippen LogP contribution in [0.5, 0.6) is 0 Å². The van der Waals surface area contributed by atoms with Crippen molar-refractivity contribution >= 4 is 11.8 Å². The molecule has 1 fully saturated rings. The Morgan fingerprint density at radius 2 is 2.00 bits per heavy atom. The molecule has 1 saturated heterocycles. The van der Waals surface area contributed by atoms with Crippen molar-refractivity contribution in [2.24, 2.45) is 5.92 Å². The first-order valence-corrected chi connectivity index (χ1v) is 4.45. The van der Waals surface area contributed by atoms with Crippen LogP contribution in [0.15, 0.2) is 0 Å². The molecule has 0 spiro atoms. The van der Waals surface area contributed by atoms with E-state index in [1.165, 1.54) is 18.6 Å². The second-order valence-electron chi connectivity index (χ2n) is 2.83. The van der Waals surface area contributed by atoms with Gasteiger partial charge < -0.3 is 0 Å². The molecule has 1 heterocycles. The van der Waals surface area contributed by atoms with Gasteiger partial charge in [-0.1, -0.05) is 13.8 Å². The van der Waals surface area contributed by atoms with Gasteiger partial charge in [-0.15, -0.1) is 0 Å². The molecule has 0 aromatic rings. The maximum Gasteiger partial charge on any atom is 0.00189 e. The van der Waals surface area contributed by atoms with Gasteiger partial charge in [0, 0.05) is 5.25 Å². The molecule has 0 nitrogen and oxygen atoms in total. The van der Waals surface area contributed by atoms with Gasteiger partial charge in [-0.3, -0.25) is 0 Å². The van der Waals surface area contributed by atoms with Crippen LogP contribution in [-0.4, -0.2) is 11.0 Å². The zero-order valence-electron chi connectivity index (χ0n) is 5.68. The molecule has 2 atom stereocenters. The molecule has 0 aromatic heterocycles. The quantitative estimate of drug-likeness (QED) is 0.485. The lowest BCUT2D eigenvalue weighted by atomic mass is 10.1. The molecular formula is C7H14S. The second kappa shape index (κ2) is 2.77. The van der Waals surface area contributed by atoms with Crippen LogP contribution >= 0.6 is 11.8 Å². The van der Waals surface area contributed by atoms with E-state index in [0.29, 0.717) is 0 Å². The zero-order valence-corrected chi connectivity index (χ0v) is 6.50. The monoisotopic (exact) mass is 130 g/mol. The molecule has 48 valence electrons. The summed E-state index contributed by atoms with van der Waals surface area (Å²) in [7, 11) is 0. The standard InChI is InChI=1S/C7H14S/c1-6-3-4-7(2)8-5-6/h6-7H,3-5H2,1-2H3/t6?,7-/m1/s1. The molecule has 1 unspecified atom stereocenters. The number of thioether (sulfide) groups is 1. The Morgan fingerprint density at radius 3 is 2.38 bits per heavy atom. The molecule has 1 heteroatoms. The Kier molecular flexibility index (Phi) is 2.24. The van der Waals surface area contributed by atoms with E-state index in [4.69, 9.17) is 0 Å². The highest BCUT2D eigenvalue weighted by Crippen LogP contribution is 2.27. The molecule has 0 bridgehead atoms. The SMILES string of the molecule is CC1CC[C@@H](C)SC1. The summed E-state index contributed by atoms with van der Waals surface area (Å²) in [4.78, 5) is 0. The summed E-state index contributed by atoms with van der Waals surface area (Å²) in [6, 6.07) is 0. The third-order valence-corrected chi connectivity index (χ3v) is 3.30. The van der Waals surface area contributed by atoms with Gasteiger partial charge in [0.05, 0.1) is 0 Å². The smallest absolute Gasteiger partial charge is 0.00189 e. The highest BCUT2D eigenvalue weighted by atomic mass is 32.2. The van der Waals surface area contributed by atoms with Gasteiger partial charge in [-0.2, -0.15) is 11.8 Å². The van der Waals surface area contributed by atoms with E-state index in [9.17, 15) is 0 Å². The lowest BCUT2D eigenvalue weighted by Crippen LogP contribution is -2.12. The predicted molar refractivity (Wildman–Crippen MR) is 40.3 cm³/mol. The van der Waals surface area contributed by atoms with Crippen LogP contribution in [0.2, 0.25) is 0 Å². The highest BCUT2D eigenvalue weighted by Gasteiger charge is 2.13. The van der Waals surface area contributed by atoms with Gasteiger partial charge in [0.15, 0.2) is 0 Å². The highest BCUT2D eigenvalue weighted by molar-refractivity contribution is 7.99. The maximum atomic E-state index is 2.35. The van der Waals surface area contributed by atoms with Crippen LogP contribution < -0.4 is 0 Å². The van der Waals surface area contributed by atoms with Crippen molar-refractivity contribution in [2.45, 2.75) is 31.9 Å². The van der Waals surface area contributed by atoms with E-state index in [1.54, 1.807) is 0 Å². The van der Waals surface area contributed by atoms with Crippen molar-refractivity contribution in [2.75, 3.05) is 5.75 Å². The van der Waals surface area contributed by atoms with Gasteiger partial charge in [0.2, 0.25) is 0 Å². The Bertz CT molecular complexity index is 52.8. The minimum atomic E-state index is 0.936. The van der Waals surface area contributed by atoms with Crippen molar-refractivity contribution in [3.8, 4) is 0 Å². The zero-order chi connectivity index (χ0) is 5.98. The lowest BCUT2D eigenvalue weighted by Gasteiger charge is -2.22. The molecule has 0 radical (unpaired) electrons. The number of hydrogen-bond donors (Lipinski definition) is 0. The van der Waals surface area contributed by atoms with Gasteiger partial charge in [0.1, 0.15) is 0 Å². The lowest BCUT2D eigenvalue weighted by molar-refractivity contribution is 0.542. The fourth-order valence-corrected chi connectivity index (χ4v) is 2.14. The van der Waals surface area contributed by atoms with E-state index in [-0.39, 0.29) is 0 Å². The summed E-state index contributed by atoms with van der Waals surface area (Å²) < 4.78 is 0. The summed E-state index contributed by atoms with van der Waals surface area (Å²) in [6.45, 7) is 4.68. The Labute approximate surface area is 56.0 Å². The van der Waals surface area contributed by atoms with E-state index in [1.807, 2.05) is 0 Å². The van der Waals surface area contributed by atoms with Crippen molar-refractivity contribution < 1.29 is 0 Å². The molecule has 8 heavy (non-hydrogen) atoms. The predicted octanol–water partition coefficient (Wildman–Crippen LogP) is 2.54. The number of hydrogen-bond acceptors (Lipinski definition) is 1. The summed E-state index contributed by atoms with van der Waals surface area (Å²) >= 11 is 2.13. The Morgan fingerprint density at radius 1 is 1.25 bits per heavy atom. The Hall–Kier alpha value is 0.350. The van der Waals surface area contributed by atoms with Gasteiger partial charge >= 0.3 is 0 Å². The molecule has 1 aliphatic heterocycles. The first kappa shape index (κ1) is 6.47. The minimum Gasteiger partial charge on any atom is -0.159 e. The van der Waals surface area contributed by atoms with E-state index in [2.05, 4.69) is 25.6 Å². The number of rotatable bonds is 0. The van der Waals surface area contributed by atoms with Crippen LogP contribution in [0.3, 0.4) is 0 Å². The molecule has 0 saturated carbocycles. The van der Waals surface area contributed by atoms with E-state index in [0.717, 1.165) is 11.2 Å². The van der Waals surface area contributed by atoms with Crippen molar-refractivity contribution in [3.63, 3.8) is 0 Å². The molecule has 0 amide bonds. The summed E-state index contributed by atoms with van der Waals surface area (Å²) in [5.74, 6) is 2.37. The summed E-state index contributed by atoms with van der Waals surface area (Å²) in [6.07, 6.45) is 2.89. The summed E-state index contributed by atoms with van der Waals surface area (Å²) in [5.41, 5.74) is 0. The fourth-order valence-electron chi connectivity index (χ4n) is 1.01. The molecule has 0 N–H and O–H groups in total. The average molecular weight is 130 g/mol. The molecule has 1 rings (SSSR count). The topological polar surface area (TPSA) is 0 Å². The second-order valence-corrected chi connectivity index (χ2v) is 4.30. The molecule has 1 aliphatic rings.